The van der Waals surface area contributed by atoms with Crippen molar-refractivity contribution in [1.82, 2.24) is 9.80 Å². The Morgan fingerprint density at radius 1 is 0.914 bits per heavy atom. The van der Waals surface area contributed by atoms with E-state index in [0.717, 1.165) is 69.2 Å². The fourth-order valence-electron chi connectivity index (χ4n) is 9.47. The SMILES string of the molecule is C[C@@]12CCC[C@H]1[C@@H]1CCC3CC(OC(=O)N4CCN(Cc5ccccc5)CC4)CC[C@]3(C)[C@@H]1CC2. The predicted octanol–water partition coefficient (Wildman–Crippen LogP) is 6.74. The summed E-state index contributed by atoms with van der Waals surface area (Å²) in [4.78, 5) is 17.4. The van der Waals surface area contributed by atoms with Crippen molar-refractivity contribution in [3.8, 4) is 0 Å². The molecule has 1 aromatic carbocycles. The fourth-order valence-corrected chi connectivity index (χ4v) is 9.47. The highest BCUT2D eigenvalue weighted by Gasteiger charge is 2.58. The number of ether oxygens (including phenoxy) is 1. The summed E-state index contributed by atoms with van der Waals surface area (Å²) in [5, 5.41) is 0. The van der Waals surface area contributed by atoms with Gasteiger partial charge in [0.1, 0.15) is 6.10 Å². The highest BCUT2D eigenvalue weighted by molar-refractivity contribution is 5.68. The molecule has 1 amide bonds. The second-order valence-corrected chi connectivity index (χ2v) is 13.3. The van der Waals surface area contributed by atoms with Crippen molar-refractivity contribution in [3.63, 3.8) is 0 Å². The quantitative estimate of drug-likeness (QED) is 0.482. The zero-order chi connectivity index (χ0) is 24.0. The monoisotopic (exact) mass is 478 g/mol. The number of piperazine rings is 1. The van der Waals surface area contributed by atoms with Crippen molar-refractivity contribution in [2.24, 2.45) is 34.5 Å². The standard InChI is InChI=1S/C31H46N2O2/c1-30-14-6-9-27(30)26-11-10-24-21-25(12-16-31(24,2)28(26)13-15-30)35-29(34)33-19-17-32(18-20-33)22-23-7-4-3-5-8-23/h3-5,7-8,24-28H,6,9-22H2,1-2H3/t24?,25?,26-,27-,28+,30-,31-/m0/s1. The molecule has 4 saturated carbocycles. The summed E-state index contributed by atoms with van der Waals surface area (Å²) in [6.07, 6.45) is 13.6. The van der Waals surface area contributed by atoms with Crippen LogP contribution in [-0.4, -0.2) is 48.2 Å². The van der Waals surface area contributed by atoms with Gasteiger partial charge in [0.05, 0.1) is 0 Å². The number of fused-ring (bicyclic) bond motifs is 5. The lowest BCUT2D eigenvalue weighted by Crippen LogP contribution is -2.54. The molecule has 2 unspecified atom stereocenters. The molecule has 35 heavy (non-hydrogen) atoms. The lowest BCUT2D eigenvalue weighted by molar-refractivity contribution is -0.123. The van der Waals surface area contributed by atoms with E-state index in [1.165, 1.54) is 56.9 Å². The van der Waals surface area contributed by atoms with Crippen LogP contribution in [0.25, 0.3) is 0 Å². The molecule has 1 saturated heterocycles. The van der Waals surface area contributed by atoms with Gasteiger partial charge in [0, 0.05) is 32.7 Å². The second kappa shape index (κ2) is 9.39. The lowest BCUT2D eigenvalue weighted by atomic mass is 9.45. The number of carbonyl (C=O) groups excluding carboxylic acids is 1. The molecule has 1 heterocycles. The zero-order valence-corrected chi connectivity index (χ0v) is 22.1. The van der Waals surface area contributed by atoms with Gasteiger partial charge in [0.25, 0.3) is 0 Å². The van der Waals surface area contributed by atoms with Gasteiger partial charge >= 0.3 is 6.09 Å². The summed E-state index contributed by atoms with van der Waals surface area (Å²) in [5.41, 5.74) is 2.46. The largest absolute Gasteiger partial charge is 0.446 e. The summed E-state index contributed by atoms with van der Waals surface area (Å²) >= 11 is 0. The topological polar surface area (TPSA) is 32.8 Å². The van der Waals surface area contributed by atoms with Gasteiger partial charge in [-0.1, -0.05) is 50.6 Å². The molecule has 5 fully saturated rings. The minimum Gasteiger partial charge on any atom is -0.446 e. The molecule has 5 aliphatic rings. The molecule has 4 nitrogen and oxygen atoms in total. The van der Waals surface area contributed by atoms with Gasteiger partial charge < -0.3 is 9.64 Å². The van der Waals surface area contributed by atoms with Crippen LogP contribution in [0, 0.1) is 34.5 Å². The van der Waals surface area contributed by atoms with Crippen LogP contribution >= 0.6 is 0 Å². The smallest absolute Gasteiger partial charge is 0.410 e. The highest BCUT2D eigenvalue weighted by Crippen LogP contribution is 2.66. The number of nitrogens with zero attached hydrogens (tertiary/aromatic N) is 2. The Morgan fingerprint density at radius 2 is 1.71 bits per heavy atom. The van der Waals surface area contributed by atoms with Crippen LogP contribution in [0.5, 0.6) is 0 Å². The number of hydrogen-bond acceptors (Lipinski definition) is 3. The van der Waals surface area contributed by atoms with Gasteiger partial charge in [0.15, 0.2) is 0 Å². The minimum atomic E-state index is -0.0639. The Morgan fingerprint density at radius 3 is 2.51 bits per heavy atom. The Labute approximate surface area is 212 Å². The van der Waals surface area contributed by atoms with Gasteiger partial charge in [-0.2, -0.15) is 0 Å². The summed E-state index contributed by atoms with van der Waals surface area (Å²) < 4.78 is 6.17. The number of rotatable bonds is 3. The Bertz CT molecular complexity index is 897. The summed E-state index contributed by atoms with van der Waals surface area (Å²) in [6.45, 7) is 9.61. The molecule has 0 spiro atoms. The Hall–Kier alpha value is -1.55. The van der Waals surface area contributed by atoms with E-state index in [4.69, 9.17) is 4.74 Å². The molecule has 7 atom stereocenters. The maximum Gasteiger partial charge on any atom is 0.410 e. The van der Waals surface area contributed by atoms with E-state index in [-0.39, 0.29) is 12.2 Å². The number of benzene rings is 1. The summed E-state index contributed by atoms with van der Waals surface area (Å²) in [6, 6.07) is 10.6. The molecule has 0 N–H and O–H groups in total. The van der Waals surface area contributed by atoms with E-state index >= 15 is 0 Å². The first-order valence-corrected chi connectivity index (χ1v) is 14.7. The normalized spacial score (nSPS) is 41.5. The van der Waals surface area contributed by atoms with Crippen molar-refractivity contribution < 1.29 is 9.53 Å². The van der Waals surface area contributed by atoms with E-state index < -0.39 is 0 Å². The van der Waals surface area contributed by atoms with Gasteiger partial charge in [0.2, 0.25) is 0 Å². The molecule has 0 radical (unpaired) electrons. The molecular formula is C31H46N2O2. The average molecular weight is 479 g/mol. The summed E-state index contributed by atoms with van der Waals surface area (Å²) in [5.74, 6) is 3.59. The second-order valence-electron chi connectivity index (χ2n) is 13.3. The third-order valence-corrected chi connectivity index (χ3v) is 11.5. The first-order chi connectivity index (χ1) is 16.9. The summed E-state index contributed by atoms with van der Waals surface area (Å²) in [7, 11) is 0. The predicted molar refractivity (Wildman–Crippen MR) is 140 cm³/mol. The van der Waals surface area contributed by atoms with Crippen LogP contribution < -0.4 is 0 Å². The highest BCUT2D eigenvalue weighted by atomic mass is 16.6. The van der Waals surface area contributed by atoms with Crippen molar-refractivity contribution >= 4 is 6.09 Å². The van der Waals surface area contributed by atoms with Crippen LogP contribution in [-0.2, 0) is 11.3 Å². The minimum absolute atomic E-state index is 0.0639. The Balaban J connectivity index is 1.01. The molecule has 0 aromatic heterocycles. The van der Waals surface area contributed by atoms with Gasteiger partial charge in [-0.15, -0.1) is 0 Å². The third kappa shape index (κ3) is 4.43. The number of carbonyl (C=O) groups is 1. The van der Waals surface area contributed by atoms with Gasteiger partial charge in [-0.05, 0) is 97.9 Å². The maximum atomic E-state index is 13.0. The molecule has 0 bridgehead atoms. The van der Waals surface area contributed by atoms with E-state index in [1.54, 1.807) is 0 Å². The first-order valence-electron chi connectivity index (χ1n) is 14.7. The maximum absolute atomic E-state index is 13.0. The molecule has 6 rings (SSSR count). The van der Waals surface area contributed by atoms with Crippen molar-refractivity contribution in [3.05, 3.63) is 35.9 Å². The molecule has 1 aliphatic heterocycles. The molecular weight excluding hydrogens is 432 g/mol. The molecule has 4 aliphatic carbocycles. The van der Waals surface area contributed by atoms with E-state index in [2.05, 4.69) is 49.1 Å². The molecule has 192 valence electrons. The number of amides is 1. The lowest BCUT2D eigenvalue weighted by Gasteiger charge is -2.60. The fraction of sp³-hybridized carbons (Fsp3) is 0.774. The van der Waals surface area contributed by atoms with E-state index in [1.807, 2.05) is 4.90 Å². The molecule has 1 aromatic rings. The van der Waals surface area contributed by atoms with E-state index in [0.29, 0.717) is 10.8 Å². The van der Waals surface area contributed by atoms with Crippen LogP contribution in [0.3, 0.4) is 0 Å². The van der Waals surface area contributed by atoms with Gasteiger partial charge in [-0.3, -0.25) is 4.90 Å². The number of hydrogen-bond donors (Lipinski definition) is 0. The van der Waals surface area contributed by atoms with Gasteiger partial charge in [-0.25, -0.2) is 4.79 Å². The van der Waals surface area contributed by atoms with Crippen LogP contribution in [0.15, 0.2) is 30.3 Å². The van der Waals surface area contributed by atoms with Crippen LogP contribution in [0.1, 0.15) is 83.6 Å². The van der Waals surface area contributed by atoms with E-state index in [9.17, 15) is 4.79 Å². The first kappa shape index (κ1) is 23.8. The van der Waals surface area contributed by atoms with Crippen molar-refractivity contribution in [1.29, 1.82) is 0 Å². The third-order valence-electron chi connectivity index (χ3n) is 11.5. The van der Waals surface area contributed by atoms with Crippen LogP contribution in [0.4, 0.5) is 4.79 Å². The zero-order valence-electron chi connectivity index (χ0n) is 22.1. The van der Waals surface area contributed by atoms with Crippen molar-refractivity contribution in [2.45, 2.75) is 90.7 Å². The molecule has 4 heteroatoms. The van der Waals surface area contributed by atoms with Crippen LogP contribution in [0.2, 0.25) is 0 Å². The average Bonchev–Trinajstić information content (AvgIpc) is 3.27. The Kier molecular flexibility index (Phi) is 6.40. The van der Waals surface area contributed by atoms with Crippen molar-refractivity contribution in [2.75, 3.05) is 26.2 Å².